The van der Waals surface area contributed by atoms with Crippen molar-refractivity contribution in [1.29, 1.82) is 0 Å². The van der Waals surface area contributed by atoms with Crippen LogP contribution in [0, 0.1) is 0 Å². The summed E-state index contributed by atoms with van der Waals surface area (Å²) in [6.45, 7) is 0. The van der Waals surface area contributed by atoms with Gasteiger partial charge in [0.1, 0.15) is 0 Å². The first-order valence-corrected chi connectivity index (χ1v) is 9.44. The van der Waals surface area contributed by atoms with Gasteiger partial charge < -0.3 is 0 Å². The highest BCUT2D eigenvalue weighted by Crippen LogP contribution is 2.11. The molecule has 0 spiro atoms. The van der Waals surface area contributed by atoms with Gasteiger partial charge in [-0.2, -0.15) is 25.3 Å². The quantitative estimate of drug-likeness (QED) is 0.321. The highest BCUT2D eigenvalue weighted by Gasteiger charge is 1.98. The molecule has 0 aromatic carbocycles. The molecule has 0 heterocycles. The molecule has 0 saturated carbocycles. The van der Waals surface area contributed by atoms with Gasteiger partial charge in [-0.25, -0.2) is 0 Å². The number of unbranched alkanes of at least 4 members (excludes halogenated alkanes) is 2. The minimum atomic E-state index is 1.03. The van der Waals surface area contributed by atoms with Crippen LogP contribution in [0.4, 0.5) is 0 Å². The van der Waals surface area contributed by atoms with Crippen LogP contribution in [0.1, 0.15) is 25.7 Å². The van der Waals surface area contributed by atoms with E-state index in [1.165, 1.54) is 37.2 Å². The van der Waals surface area contributed by atoms with Crippen LogP contribution in [0.5, 0.6) is 0 Å². The Kier molecular flexibility index (Phi) is 15.6. The van der Waals surface area contributed by atoms with Crippen LogP contribution in [-0.2, 0) is 0 Å². The Morgan fingerprint density at radius 3 is 1.62 bits per heavy atom. The lowest BCUT2D eigenvalue weighted by molar-refractivity contribution is 0.466. The summed E-state index contributed by atoms with van der Waals surface area (Å²) in [7, 11) is 2.21. The molecule has 0 aliphatic rings. The molecule has 0 amide bonds. The van der Waals surface area contributed by atoms with Crippen LogP contribution in [0.25, 0.3) is 0 Å². The molecule has 0 aliphatic heterocycles. The second-order valence-corrected chi connectivity index (χ2v) is 6.84. The maximum Gasteiger partial charge on any atom is 0.0449 e. The van der Waals surface area contributed by atoms with Gasteiger partial charge in [-0.05, 0) is 55.7 Å². The normalized spacial score (nSPS) is 11.2. The molecule has 0 saturated heterocycles. The van der Waals surface area contributed by atoms with E-state index in [4.69, 9.17) is 0 Å². The van der Waals surface area contributed by atoms with Gasteiger partial charge >= 0.3 is 0 Å². The first kappa shape index (κ1) is 17.4. The van der Waals surface area contributed by atoms with E-state index >= 15 is 0 Å². The molecule has 0 unspecified atom stereocenters. The Morgan fingerprint density at radius 1 is 0.812 bits per heavy atom. The van der Waals surface area contributed by atoms with Crippen LogP contribution in [-0.4, -0.2) is 46.7 Å². The summed E-state index contributed by atoms with van der Waals surface area (Å²) in [5.41, 5.74) is 0. The lowest BCUT2D eigenvalue weighted by Crippen LogP contribution is -2.17. The second-order valence-electron chi connectivity index (χ2n) is 3.79. The summed E-state index contributed by atoms with van der Waals surface area (Å²) in [6.07, 6.45) is 5.10. The molecule has 1 nitrogen and oxygen atoms in total. The lowest BCUT2D eigenvalue weighted by atomic mass is 10.4. The average Bonchev–Trinajstić information content (AvgIpc) is 2.28. The predicted octanol–water partition coefficient (Wildman–Crippen LogP) is 3.72. The van der Waals surface area contributed by atoms with Gasteiger partial charge in [-0.3, -0.25) is 4.90 Å². The van der Waals surface area contributed by atoms with Crippen LogP contribution >= 0.6 is 48.8 Å². The van der Waals surface area contributed by atoms with E-state index in [0.717, 1.165) is 23.3 Å². The van der Waals surface area contributed by atoms with Crippen molar-refractivity contribution in [2.75, 3.05) is 41.8 Å². The molecule has 0 fully saturated rings. The molecule has 0 bridgehead atoms. The number of thiol groups is 2. The van der Waals surface area contributed by atoms with Gasteiger partial charge in [0.2, 0.25) is 0 Å². The molecule has 0 N–H and O–H groups in total. The third-order valence-corrected chi connectivity index (χ3v) is 5.05. The van der Waals surface area contributed by atoms with E-state index in [1.807, 2.05) is 23.5 Å². The van der Waals surface area contributed by atoms with Crippen molar-refractivity contribution < 1.29 is 0 Å². The Hall–Kier alpha value is 1.36. The third-order valence-electron chi connectivity index (χ3n) is 2.02. The van der Waals surface area contributed by atoms with Crippen molar-refractivity contribution in [1.82, 2.24) is 4.90 Å². The molecule has 5 heteroatoms. The average molecular weight is 300 g/mol. The second kappa shape index (κ2) is 14.4. The van der Waals surface area contributed by atoms with Gasteiger partial charge in [-0.15, -0.1) is 23.5 Å². The van der Waals surface area contributed by atoms with Crippen molar-refractivity contribution >= 4 is 48.8 Å². The predicted molar refractivity (Wildman–Crippen MR) is 88.6 cm³/mol. The van der Waals surface area contributed by atoms with Crippen molar-refractivity contribution in [2.45, 2.75) is 25.7 Å². The molecular formula is C11H25NS4. The molecular weight excluding hydrogens is 274 g/mol. The zero-order chi connectivity index (χ0) is 12.1. The van der Waals surface area contributed by atoms with Crippen molar-refractivity contribution in [3.63, 3.8) is 0 Å². The first-order chi connectivity index (χ1) is 7.81. The molecule has 0 aromatic rings. The third kappa shape index (κ3) is 13.4. The summed E-state index contributed by atoms with van der Waals surface area (Å²) in [5.74, 6) is 6.91. The minimum absolute atomic E-state index is 1.03. The highest BCUT2D eigenvalue weighted by atomic mass is 32.2. The van der Waals surface area contributed by atoms with Gasteiger partial charge in [0, 0.05) is 11.8 Å². The lowest BCUT2D eigenvalue weighted by Gasteiger charge is -2.15. The zero-order valence-corrected chi connectivity index (χ0v) is 13.7. The monoisotopic (exact) mass is 299 g/mol. The van der Waals surface area contributed by atoms with Crippen molar-refractivity contribution in [2.24, 2.45) is 0 Å². The summed E-state index contributed by atoms with van der Waals surface area (Å²) in [6, 6.07) is 0. The summed E-state index contributed by atoms with van der Waals surface area (Å²) in [5, 5.41) is 0. The van der Waals surface area contributed by atoms with Gasteiger partial charge in [0.15, 0.2) is 0 Å². The van der Waals surface area contributed by atoms with E-state index in [9.17, 15) is 0 Å². The smallest absolute Gasteiger partial charge is 0.0449 e. The Balaban J connectivity index is 3.09. The fourth-order valence-corrected chi connectivity index (χ4v) is 3.55. The van der Waals surface area contributed by atoms with Gasteiger partial charge in [-0.1, -0.05) is 0 Å². The number of rotatable bonds is 12. The highest BCUT2D eigenvalue weighted by molar-refractivity contribution is 8.00. The van der Waals surface area contributed by atoms with E-state index in [2.05, 4.69) is 37.2 Å². The molecule has 0 rings (SSSR count). The Labute approximate surface area is 121 Å². The maximum atomic E-state index is 4.21. The zero-order valence-electron chi connectivity index (χ0n) is 10.2. The SMILES string of the molecule is CN(CSCCCCS)CSCCCCS. The largest absolute Gasteiger partial charge is 0.288 e. The van der Waals surface area contributed by atoms with E-state index < -0.39 is 0 Å². The molecule has 0 aliphatic carbocycles. The van der Waals surface area contributed by atoms with E-state index in [-0.39, 0.29) is 0 Å². The summed E-state index contributed by atoms with van der Waals surface area (Å²) >= 11 is 12.5. The van der Waals surface area contributed by atoms with Crippen molar-refractivity contribution in [3.8, 4) is 0 Å². The number of thioether (sulfide) groups is 2. The van der Waals surface area contributed by atoms with Gasteiger partial charge in [0.05, 0.1) is 0 Å². The Morgan fingerprint density at radius 2 is 1.25 bits per heavy atom. The summed E-state index contributed by atoms with van der Waals surface area (Å²) in [4.78, 5) is 2.40. The van der Waals surface area contributed by atoms with Crippen LogP contribution < -0.4 is 0 Å². The van der Waals surface area contributed by atoms with Crippen LogP contribution in [0.15, 0.2) is 0 Å². The molecule has 98 valence electrons. The number of nitrogens with zero attached hydrogens (tertiary/aromatic N) is 1. The molecule has 16 heavy (non-hydrogen) atoms. The number of hydrogen-bond donors (Lipinski definition) is 2. The summed E-state index contributed by atoms with van der Waals surface area (Å²) < 4.78 is 0. The topological polar surface area (TPSA) is 3.24 Å². The van der Waals surface area contributed by atoms with Crippen LogP contribution in [0.2, 0.25) is 0 Å². The fraction of sp³-hybridized carbons (Fsp3) is 1.00. The number of hydrogen-bond acceptors (Lipinski definition) is 5. The Bertz CT molecular complexity index is 121. The molecule has 0 radical (unpaired) electrons. The van der Waals surface area contributed by atoms with Crippen LogP contribution in [0.3, 0.4) is 0 Å². The first-order valence-electron chi connectivity index (χ1n) is 5.87. The standard InChI is InChI=1S/C11H25NS4/c1-12(10-15-8-4-2-6-13)11-16-9-5-3-7-14/h13-14H,2-11H2,1H3. The maximum absolute atomic E-state index is 4.21. The molecule has 0 atom stereocenters. The fourth-order valence-electron chi connectivity index (χ4n) is 1.11. The van der Waals surface area contributed by atoms with Gasteiger partial charge in [0.25, 0.3) is 0 Å². The van der Waals surface area contributed by atoms with E-state index in [0.29, 0.717) is 0 Å². The molecule has 0 aromatic heterocycles. The van der Waals surface area contributed by atoms with E-state index in [1.54, 1.807) is 0 Å². The van der Waals surface area contributed by atoms with Crippen molar-refractivity contribution in [3.05, 3.63) is 0 Å². The minimum Gasteiger partial charge on any atom is -0.288 e.